The molecule has 0 saturated carbocycles. The molecule has 1 amide bonds. The Labute approximate surface area is 169 Å². The monoisotopic (exact) mass is 420 g/mol. The van der Waals surface area contributed by atoms with Gasteiger partial charge < -0.3 is 0 Å². The Hall–Kier alpha value is -2.68. The average Bonchev–Trinajstić information content (AvgIpc) is 3.31. The number of rotatable bonds is 3. The van der Waals surface area contributed by atoms with E-state index in [4.69, 9.17) is 0 Å². The lowest BCUT2D eigenvalue weighted by atomic mass is 10.0. The van der Waals surface area contributed by atoms with Crippen molar-refractivity contribution >= 4 is 23.1 Å². The number of halogens is 3. The number of carbonyl (C=O) groups is 1. The number of thiazole rings is 1. The quantitative estimate of drug-likeness (QED) is 0.602. The molecule has 1 aromatic carbocycles. The zero-order valence-corrected chi connectivity index (χ0v) is 16.7. The Bertz CT molecular complexity index is 1030. The van der Waals surface area contributed by atoms with Gasteiger partial charge in [0.05, 0.1) is 29.9 Å². The number of carbonyl (C=O) groups excluding carboxylic acids is 1. The molecule has 1 aliphatic heterocycles. The van der Waals surface area contributed by atoms with Crippen molar-refractivity contribution in [3.05, 3.63) is 53.2 Å². The van der Waals surface area contributed by atoms with Crippen molar-refractivity contribution in [1.82, 2.24) is 14.8 Å². The van der Waals surface area contributed by atoms with Crippen LogP contribution in [0.3, 0.4) is 0 Å². The number of anilines is 1. The molecule has 2 atom stereocenters. The first-order valence-electron chi connectivity index (χ1n) is 9.21. The summed E-state index contributed by atoms with van der Waals surface area (Å²) < 4.78 is 40.0. The van der Waals surface area contributed by atoms with Crippen LogP contribution in [0.1, 0.15) is 37.6 Å². The van der Waals surface area contributed by atoms with E-state index in [1.54, 1.807) is 16.5 Å². The van der Waals surface area contributed by atoms with Crippen molar-refractivity contribution in [2.45, 2.75) is 44.9 Å². The second-order valence-corrected chi connectivity index (χ2v) is 8.09. The highest BCUT2D eigenvalue weighted by atomic mass is 32.1. The van der Waals surface area contributed by atoms with Crippen molar-refractivity contribution in [3.8, 4) is 10.6 Å². The largest absolute Gasteiger partial charge is 0.416 e. The fourth-order valence-corrected chi connectivity index (χ4v) is 4.52. The smallest absolute Gasteiger partial charge is 0.294 e. The number of aromatic nitrogens is 3. The second-order valence-electron chi connectivity index (χ2n) is 7.23. The molecule has 3 aromatic rings. The first kappa shape index (κ1) is 19.6. The van der Waals surface area contributed by atoms with Gasteiger partial charge in [-0.05, 0) is 32.4 Å². The molecule has 5 nitrogen and oxygen atoms in total. The van der Waals surface area contributed by atoms with E-state index in [0.717, 1.165) is 24.4 Å². The molecule has 0 fully saturated rings. The highest BCUT2D eigenvalue weighted by Gasteiger charge is 2.33. The molecule has 152 valence electrons. The van der Waals surface area contributed by atoms with Crippen molar-refractivity contribution in [1.29, 1.82) is 0 Å². The van der Waals surface area contributed by atoms with Gasteiger partial charge in [0.1, 0.15) is 10.8 Å². The van der Waals surface area contributed by atoms with Crippen LogP contribution < -0.4 is 4.90 Å². The summed E-state index contributed by atoms with van der Waals surface area (Å²) in [5, 5.41) is 6.68. The van der Waals surface area contributed by atoms with Crippen LogP contribution in [0.15, 0.2) is 41.9 Å². The summed E-state index contributed by atoms with van der Waals surface area (Å²) in [7, 11) is 0. The Kier molecular flexibility index (Phi) is 4.94. The SMILES string of the molecule is C[C@@H]1C[C@@H](C)n2nccc2N1C(=O)Cc1csc(-c2ccc(C(F)(F)F)cc2)n1. The molecule has 0 saturated heterocycles. The molecular weight excluding hydrogens is 401 g/mol. The van der Waals surface area contributed by atoms with E-state index < -0.39 is 11.7 Å². The van der Waals surface area contributed by atoms with Crippen molar-refractivity contribution in [3.63, 3.8) is 0 Å². The maximum absolute atomic E-state index is 13.0. The van der Waals surface area contributed by atoms with E-state index in [2.05, 4.69) is 17.0 Å². The highest BCUT2D eigenvalue weighted by Crippen LogP contribution is 2.33. The minimum Gasteiger partial charge on any atom is -0.294 e. The summed E-state index contributed by atoms with van der Waals surface area (Å²) in [6, 6.07) is 7.00. The van der Waals surface area contributed by atoms with E-state index in [1.807, 2.05) is 17.7 Å². The van der Waals surface area contributed by atoms with Crippen LogP contribution in [0.5, 0.6) is 0 Å². The third-order valence-electron chi connectivity index (χ3n) is 5.05. The van der Waals surface area contributed by atoms with E-state index in [-0.39, 0.29) is 24.4 Å². The van der Waals surface area contributed by atoms with Crippen LogP contribution >= 0.6 is 11.3 Å². The summed E-state index contributed by atoms with van der Waals surface area (Å²) in [6.07, 6.45) is -1.74. The Morgan fingerprint density at radius 1 is 1.17 bits per heavy atom. The number of amides is 1. The lowest BCUT2D eigenvalue weighted by molar-refractivity contribution is -0.137. The molecule has 4 rings (SSSR count). The fraction of sp³-hybridized carbons (Fsp3) is 0.350. The molecule has 0 N–H and O–H groups in total. The molecule has 0 unspecified atom stereocenters. The topological polar surface area (TPSA) is 51.0 Å². The van der Waals surface area contributed by atoms with E-state index in [1.165, 1.54) is 23.5 Å². The van der Waals surface area contributed by atoms with Gasteiger partial charge in [-0.25, -0.2) is 9.67 Å². The molecule has 2 aromatic heterocycles. The number of benzene rings is 1. The van der Waals surface area contributed by atoms with Crippen LogP contribution in [0.2, 0.25) is 0 Å². The lowest BCUT2D eigenvalue weighted by Gasteiger charge is -2.36. The molecular formula is C20H19F3N4OS. The van der Waals surface area contributed by atoms with Crippen LogP contribution in [-0.2, 0) is 17.4 Å². The standard InChI is InChI=1S/C20H19F3N4OS/c1-12-9-13(2)27-17(7-8-24-27)26(12)18(28)10-16-11-29-19(25-16)14-3-5-15(6-4-14)20(21,22)23/h3-8,11-13H,9-10H2,1-2H3/t12-,13-/m1/s1. The minimum absolute atomic E-state index is 0.0507. The number of hydrogen-bond donors (Lipinski definition) is 0. The third kappa shape index (κ3) is 3.78. The van der Waals surface area contributed by atoms with Crippen molar-refractivity contribution in [2.75, 3.05) is 4.90 Å². The molecule has 29 heavy (non-hydrogen) atoms. The van der Waals surface area contributed by atoms with Gasteiger partial charge in [-0.15, -0.1) is 11.3 Å². The van der Waals surface area contributed by atoms with Crippen LogP contribution in [-0.4, -0.2) is 26.7 Å². The lowest BCUT2D eigenvalue weighted by Crippen LogP contribution is -2.45. The highest BCUT2D eigenvalue weighted by molar-refractivity contribution is 7.13. The van der Waals surface area contributed by atoms with E-state index >= 15 is 0 Å². The number of fused-ring (bicyclic) bond motifs is 1. The normalized spacial score (nSPS) is 19.3. The van der Waals surface area contributed by atoms with Gasteiger partial charge in [-0.2, -0.15) is 18.3 Å². The summed E-state index contributed by atoms with van der Waals surface area (Å²) in [4.78, 5) is 19.2. The van der Waals surface area contributed by atoms with Gasteiger partial charge in [0.2, 0.25) is 5.91 Å². The third-order valence-corrected chi connectivity index (χ3v) is 5.99. The molecule has 0 radical (unpaired) electrons. The zero-order chi connectivity index (χ0) is 20.8. The first-order chi connectivity index (χ1) is 13.7. The molecule has 9 heteroatoms. The van der Waals surface area contributed by atoms with E-state index in [9.17, 15) is 18.0 Å². The summed E-state index contributed by atoms with van der Waals surface area (Å²) in [5.74, 6) is 0.704. The predicted molar refractivity (Wildman–Crippen MR) is 105 cm³/mol. The Balaban J connectivity index is 1.51. The maximum atomic E-state index is 13.0. The van der Waals surface area contributed by atoms with Gasteiger partial charge in [-0.1, -0.05) is 12.1 Å². The second kappa shape index (κ2) is 7.29. The fourth-order valence-electron chi connectivity index (χ4n) is 3.70. The van der Waals surface area contributed by atoms with Crippen molar-refractivity contribution in [2.24, 2.45) is 0 Å². The van der Waals surface area contributed by atoms with Gasteiger partial charge in [0.15, 0.2) is 0 Å². The molecule has 1 aliphatic rings. The molecule has 3 heterocycles. The molecule has 0 spiro atoms. The van der Waals surface area contributed by atoms with Gasteiger partial charge >= 0.3 is 6.18 Å². The molecule has 0 bridgehead atoms. The van der Waals surface area contributed by atoms with Crippen LogP contribution in [0.25, 0.3) is 10.6 Å². The number of alkyl halides is 3. The van der Waals surface area contributed by atoms with Gasteiger partial charge in [0.25, 0.3) is 0 Å². The summed E-state index contributed by atoms with van der Waals surface area (Å²) in [6.45, 7) is 4.09. The zero-order valence-electron chi connectivity index (χ0n) is 15.8. The average molecular weight is 420 g/mol. The Morgan fingerprint density at radius 2 is 1.90 bits per heavy atom. The molecule has 0 aliphatic carbocycles. The van der Waals surface area contributed by atoms with E-state index in [0.29, 0.717) is 16.3 Å². The number of hydrogen-bond acceptors (Lipinski definition) is 4. The summed E-state index contributed by atoms with van der Waals surface area (Å²) in [5.41, 5.74) is 0.504. The number of nitrogens with zero attached hydrogens (tertiary/aromatic N) is 4. The maximum Gasteiger partial charge on any atom is 0.416 e. The Morgan fingerprint density at radius 3 is 2.59 bits per heavy atom. The predicted octanol–water partition coefficient (Wildman–Crippen LogP) is 4.95. The van der Waals surface area contributed by atoms with Crippen LogP contribution in [0.4, 0.5) is 19.0 Å². The van der Waals surface area contributed by atoms with Crippen molar-refractivity contribution < 1.29 is 18.0 Å². The van der Waals surface area contributed by atoms with Crippen LogP contribution in [0, 0.1) is 0 Å². The first-order valence-corrected chi connectivity index (χ1v) is 10.1. The minimum atomic E-state index is -4.37. The summed E-state index contributed by atoms with van der Waals surface area (Å²) >= 11 is 1.31. The van der Waals surface area contributed by atoms with Gasteiger partial charge in [0, 0.05) is 23.1 Å². The van der Waals surface area contributed by atoms with Gasteiger partial charge in [-0.3, -0.25) is 9.69 Å².